The maximum Gasteiger partial charge on any atom is 0.265 e. The van der Waals surface area contributed by atoms with Gasteiger partial charge in [-0.25, -0.2) is 0 Å². The van der Waals surface area contributed by atoms with Crippen molar-refractivity contribution in [1.29, 1.82) is 0 Å². The maximum atomic E-state index is 12.8. The smallest absolute Gasteiger partial charge is 0.265 e. The van der Waals surface area contributed by atoms with Crippen molar-refractivity contribution in [1.82, 2.24) is 4.90 Å². The van der Waals surface area contributed by atoms with Gasteiger partial charge in [0, 0.05) is 25.3 Å². The SMILES string of the molecule is CCC(Oc1ccccc1C(C)CC)C(=O)Nc1cccc(C(=O)N(C)C)c1. The zero-order chi connectivity index (χ0) is 20.7. The van der Waals surface area contributed by atoms with Crippen LogP contribution in [0.3, 0.4) is 0 Å². The Bertz CT molecular complexity index is 817. The van der Waals surface area contributed by atoms with E-state index in [2.05, 4.69) is 19.2 Å². The van der Waals surface area contributed by atoms with Crippen LogP contribution in [-0.2, 0) is 4.79 Å². The van der Waals surface area contributed by atoms with E-state index in [0.717, 1.165) is 17.7 Å². The Kier molecular flexibility index (Phi) is 7.61. The van der Waals surface area contributed by atoms with E-state index in [1.54, 1.807) is 38.4 Å². The molecule has 0 saturated carbocycles. The first kappa shape index (κ1) is 21.5. The highest BCUT2D eigenvalue weighted by molar-refractivity contribution is 5.98. The van der Waals surface area contributed by atoms with Crippen molar-refractivity contribution >= 4 is 17.5 Å². The number of hydrogen-bond acceptors (Lipinski definition) is 3. The lowest BCUT2D eigenvalue weighted by molar-refractivity contribution is -0.122. The predicted octanol–water partition coefficient (Wildman–Crippen LogP) is 4.70. The van der Waals surface area contributed by atoms with E-state index in [9.17, 15) is 9.59 Å². The average Bonchev–Trinajstić information content (AvgIpc) is 2.71. The molecular formula is C23H30N2O3. The topological polar surface area (TPSA) is 58.6 Å². The number of ether oxygens (including phenoxy) is 1. The van der Waals surface area contributed by atoms with Crippen LogP contribution in [0.4, 0.5) is 5.69 Å². The zero-order valence-electron chi connectivity index (χ0n) is 17.4. The van der Waals surface area contributed by atoms with Gasteiger partial charge < -0.3 is 15.0 Å². The lowest BCUT2D eigenvalue weighted by atomic mass is 9.98. The standard InChI is InChI=1S/C23H30N2O3/c1-6-16(3)19-13-8-9-14-21(19)28-20(7-2)22(26)24-18-12-10-11-17(15-18)23(27)25(4)5/h8-16,20H,6-7H2,1-5H3,(H,24,26). The van der Waals surface area contributed by atoms with Crippen molar-refractivity contribution in [2.75, 3.05) is 19.4 Å². The van der Waals surface area contributed by atoms with Crippen LogP contribution < -0.4 is 10.1 Å². The minimum Gasteiger partial charge on any atom is -0.480 e. The number of hydrogen-bond donors (Lipinski definition) is 1. The second-order valence-corrected chi connectivity index (χ2v) is 7.13. The molecule has 2 aromatic carbocycles. The molecule has 0 aliphatic rings. The van der Waals surface area contributed by atoms with E-state index < -0.39 is 6.10 Å². The first-order valence-corrected chi connectivity index (χ1v) is 9.75. The van der Waals surface area contributed by atoms with Gasteiger partial charge in [0.05, 0.1) is 0 Å². The lowest BCUT2D eigenvalue weighted by Gasteiger charge is -2.21. The molecule has 1 N–H and O–H groups in total. The molecule has 5 nitrogen and oxygen atoms in total. The Morgan fingerprint density at radius 2 is 1.75 bits per heavy atom. The van der Waals surface area contributed by atoms with E-state index in [0.29, 0.717) is 23.6 Å². The van der Waals surface area contributed by atoms with Gasteiger partial charge in [-0.3, -0.25) is 9.59 Å². The monoisotopic (exact) mass is 382 g/mol. The van der Waals surface area contributed by atoms with Crippen LogP contribution in [0.2, 0.25) is 0 Å². The van der Waals surface area contributed by atoms with Crippen molar-refractivity contribution in [3.8, 4) is 5.75 Å². The van der Waals surface area contributed by atoms with Crippen molar-refractivity contribution in [3.63, 3.8) is 0 Å². The molecule has 0 spiro atoms. The largest absolute Gasteiger partial charge is 0.480 e. The molecule has 0 bridgehead atoms. The lowest BCUT2D eigenvalue weighted by Crippen LogP contribution is -2.32. The average molecular weight is 383 g/mol. The molecule has 28 heavy (non-hydrogen) atoms. The van der Waals surface area contributed by atoms with Gasteiger partial charge >= 0.3 is 0 Å². The maximum absolute atomic E-state index is 12.8. The third-order valence-corrected chi connectivity index (χ3v) is 4.78. The molecule has 0 fully saturated rings. The molecule has 0 aliphatic heterocycles. The Morgan fingerprint density at radius 3 is 2.39 bits per heavy atom. The number of nitrogens with zero attached hydrogens (tertiary/aromatic N) is 1. The van der Waals surface area contributed by atoms with Gasteiger partial charge in [-0.15, -0.1) is 0 Å². The molecule has 2 rings (SSSR count). The second kappa shape index (κ2) is 9.93. The van der Waals surface area contributed by atoms with Crippen molar-refractivity contribution in [3.05, 3.63) is 59.7 Å². The number of rotatable bonds is 8. The second-order valence-electron chi connectivity index (χ2n) is 7.13. The van der Waals surface area contributed by atoms with Crippen LogP contribution in [-0.4, -0.2) is 36.9 Å². The first-order valence-electron chi connectivity index (χ1n) is 9.75. The Labute approximate surface area is 167 Å². The molecule has 150 valence electrons. The fraction of sp³-hybridized carbons (Fsp3) is 0.391. The summed E-state index contributed by atoms with van der Waals surface area (Å²) in [5.41, 5.74) is 2.21. The summed E-state index contributed by atoms with van der Waals surface area (Å²) in [4.78, 5) is 26.4. The Hall–Kier alpha value is -2.82. The van der Waals surface area contributed by atoms with Gasteiger partial charge in [-0.2, -0.15) is 0 Å². The molecule has 0 saturated heterocycles. The molecule has 0 aliphatic carbocycles. The quantitative estimate of drug-likeness (QED) is 0.720. The minimum atomic E-state index is -0.613. The Balaban J connectivity index is 2.15. The number of amides is 2. The van der Waals surface area contributed by atoms with Gasteiger partial charge in [0.25, 0.3) is 11.8 Å². The van der Waals surface area contributed by atoms with Gasteiger partial charge in [-0.1, -0.05) is 45.0 Å². The van der Waals surface area contributed by atoms with Crippen molar-refractivity contribution in [2.45, 2.75) is 45.6 Å². The fourth-order valence-electron chi connectivity index (χ4n) is 2.90. The molecule has 0 radical (unpaired) electrons. The third-order valence-electron chi connectivity index (χ3n) is 4.78. The number of para-hydroxylation sites is 1. The van der Waals surface area contributed by atoms with E-state index in [4.69, 9.17) is 4.74 Å². The predicted molar refractivity (Wildman–Crippen MR) is 113 cm³/mol. The highest BCUT2D eigenvalue weighted by Crippen LogP contribution is 2.29. The summed E-state index contributed by atoms with van der Waals surface area (Å²) < 4.78 is 6.08. The number of anilines is 1. The summed E-state index contributed by atoms with van der Waals surface area (Å²) in [5, 5.41) is 2.88. The number of nitrogens with one attached hydrogen (secondary N) is 1. The summed E-state index contributed by atoms with van der Waals surface area (Å²) in [6.07, 6.45) is 0.922. The number of benzene rings is 2. The molecule has 0 heterocycles. The van der Waals surface area contributed by atoms with Crippen LogP contribution in [0.25, 0.3) is 0 Å². The fourth-order valence-corrected chi connectivity index (χ4v) is 2.90. The third kappa shape index (κ3) is 5.35. The summed E-state index contributed by atoms with van der Waals surface area (Å²) in [5.74, 6) is 0.763. The summed E-state index contributed by atoms with van der Waals surface area (Å²) in [6, 6.07) is 14.8. The summed E-state index contributed by atoms with van der Waals surface area (Å²) >= 11 is 0. The normalized spacial score (nSPS) is 12.8. The van der Waals surface area contributed by atoms with Crippen LogP contribution in [0.15, 0.2) is 48.5 Å². The van der Waals surface area contributed by atoms with Crippen LogP contribution in [0.1, 0.15) is 55.5 Å². The van der Waals surface area contributed by atoms with E-state index in [1.807, 2.05) is 31.2 Å². The van der Waals surface area contributed by atoms with Crippen LogP contribution >= 0.6 is 0 Å². The first-order chi connectivity index (χ1) is 13.4. The van der Waals surface area contributed by atoms with Gasteiger partial charge in [0.15, 0.2) is 6.10 Å². The number of carbonyl (C=O) groups excluding carboxylic acids is 2. The van der Waals surface area contributed by atoms with Crippen molar-refractivity contribution in [2.24, 2.45) is 0 Å². The van der Waals surface area contributed by atoms with Gasteiger partial charge in [0.1, 0.15) is 5.75 Å². The summed E-state index contributed by atoms with van der Waals surface area (Å²) in [6.45, 7) is 6.20. The van der Waals surface area contributed by atoms with E-state index in [1.165, 1.54) is 4.90 Å². The number of carbonyl (C=O) groups is 2. The molecule has 2 aromatic rings. The highest BCUT2D eigenvalue weighted by atomic mass is 16.5. The zero-order valence-corrected chi connectivity index (χ0v) is 17.4. The molecular weight excluding hydrogens is 352 g/mol. The van der Waals surface area contributed by atoms with E-state index >= 15 is 0 Å². The molecule has 2 atom stereocenters. The Morgan fingerprint density at radius 1 is 1.04 bits per heavy atom. The molecule has 5 heteroatoms. The minimum absolute atomic E-state index is 0.109. The molecule has 2 amide bonds. The molecule has 0 aromatic heterocycles. The summed E-state index contributed by atoms with van der Waals surface area (Å²) in [7, 11) is 3.40. The van der Waals surface area contributed by atoms with Gasteiger partial charge in [-0.05, 0) is 48.6 Å². The highest BCUT2D eigenvalue weighted by Gasteiger charge is 2.21. The van der Waals surface area contributed by atoms with Crippen molar-refractivity contribution < 1.29 is 14.3 Å². The van der Waals surface area contributed by atoms with Crippen LogP contribution in [0, 0.1) is 0 Å². The molecule has 2 unspecified atom stereocenters. The van der Waals surface area contributed by atoms with Gasteiger partial charge in [0.2, 0.25) is 0 Å². The van der Waals surface area contributed by atoms with E-state index in [-0.39, 0.29) is 11.8 Å². The van der Waals surface area contributed by atoms with Crippen LogP contribution in [0.5, 0.6) is 5.75 Å².